The number of likely N-dealkylation sites (N-methyl/N-ethyl adjacent to an activating group) is 1. The van der Waals surface area contributed by atoms with Gasteiger partial charge in [0.15, 0.2) is 5.78 Å². The van der Waals surface area contributed by atoms with E-state index in [1.165, 1.54) is 20.0 Å². The molecule has 104 valence electrons. The molecular formula is C13H12N2O5. The minimum Gasteiger partial charge on any atom is -0.422 e. The monoisotopic (exact) mass is 276 g/mol. The summed E-state index contributed by atoms with van der Waals surface area (Å²) in [7, 11) is 1.23. The van der Waals surface area contributed by atoms with Crippen LogP contribution in [0, 0.1) is 12.3 Å². The molecule has 2 saturated heterocycles. The second-order valence-corrected chi connectivity index (χ2v) is 4.58. The van der Waals surface area contributed by atoms with Crippen LogP contribution in [0.25, 0.3) is 0 Å². The van der Waals surface area contributed by atoms with E-state index in [4.69, 9.17) is 11.2 Å². The van der Waals surface area contributed by atoms with Crippen molar-refractivity contribution in [1.82, 2.24) is 9.80 Å². The standard InChI is InChI=1S/C13H12N2O5/c1-4-5-15-9(6-8(2)16)7-13(11(15)18)10(17)14(3)12(19)20-13/h1,6H,5,7H2,2-3H3/b9-6+/t13-/m0/s1. The second kappa shape index (κ2) is 4.49. The number of rotatable bonds is 2. The van der Waals surface area contributed by atoms with Crippen molar-refractivity contribution in [3.8, 4) is 12.3 Å². The Labute approximate surface area is 115 Å². The van der Waals surface area contributed by atoms with Crippen LogP contribution in [0.15, 0.2) is 11.8 Å². The highest BCUT2D eigenvalue weighted by atomic mass is 16.6. The van der Waals surface area contributed by atoms with Crippen LogP contribution in [0.4, 0.5) is 4.79 Å². The van der Waals surface area contributed by atoms with Crippen molar-refractivity contribution in [3.05, 3.63) is 11.8 Å². The summed E-state index contributed by atoms with van der Waals surface area (Å²) in [4.78, 5) is 49.0. The van der Waals surface area contributed by atoms with E-state index >= 15 is 0 Å². The Kier molecular flexibility index (Phi) is 3.10. The zero-order valence-corrected chi connectivity index (χ0v) is 11.0. The van der Waals surface area contributed by atoms with E-state index in [1.54, 1.807) is 0 Å². The van der Waals surface area contributed by atoms with E-state index in [1.807, 2.05) is 0 Å². The molecule has 2 rings (SSSR count). The zero-order valence-electron chi connectivity index (χ0n) is 11.0. The fourth-order valence-electron chi connectivity index (χ4n) is 2.26. The molecule has 1 atom stereocenters. The Balaban J connectivity index is 2.47. The fraction of sp³-hybridized carbons (Fsp3) is 0.385. The zero-order chi connectivity index (χ0) is 15.1. The van der Waals surface area contributed by atoms with Crippen molar-refractivity contribution in [1.29, 1.82) is 0 Å². The molecule has 0 bridgehead atoms. The van der Waals surface area contributed by atoms with Crippen LogP contribution >= 0.6 is 0 Å². The molecule has 2 aliphatic rings. The molecule has 0 aromatic carbocycles. The molecule has 1 spiro atoms. The average molecular weight is 276 g/mol. The smallest absolute Gasteiger partial charge is 0.417 e. The van der Waals surface area contributed by atoms with Gasteiger partial charge in [0, 0.05) is 25.2 Å². The second-order valence-electron chi connectivity index (χ2n) is 4.58. The van der Waals surface area contributed by atoms with Crippen molar-refractivity contribution < 1.29 is 23.9 Å². The number of hydrogen-bond acceptors (Lipinski definition) is 5. The number of likely N-dealkylation sites (tertiary alicyclic amines) is 1. The van der Waals surface area contributed by atoms with Gasteiger partial charge in [0.05, 0.1) is 6.54 Å². The predicted octanol–water partition coefficient (Wildman–Crippen LogP) is -0.328. The van der Waals surface area contributed by atoms with Crippen LogP contribution in [0.2, 0.25) is 0 Å². The van der Waals surface area contributed by atoms with Gasteiger partial charge < -0.3 is 9.64 Å². The first-order valence-electron chi connectivity index (χ1n) is 5.81. The number of imide groups is 1. The molecule has 0 aliphatic carbocycles. The molecule has 7 nitrogen and oxygen atoms in total. The van der Waals surface area contributed by atoms with E-state index in [0.29, 0.717) is 0 Å². The first kappa shape index (κ1) is 13.8. The number of nitrogens with zero attached hydrogens (tertiary/aromatic N) is 2. The first-order chi connectivity index (χ1) is 9.33. The molecule has 20 heavy (non-hydrogen) atoms. The molecule has 0 unspecified atom stereocenters. The quantitative estimate of drug-likeness (QED) is 0.392. The summed E-state index contributed by atoms with van der Waals surface area (Å²) in [5.41, 5.74) is -1.64. The molecule has 2 heterocycles. The van der Waals surface area contributed by atoms with E-state index < -0.39 is 23.5 Å². The van der Waals surface area contributed by atoms with Gasteiger partial charge in [0.2, 0.25) is 0 Å². The van der Waals surface area contributed by atoms with Gasteiger partial charge in [-0.3, -0.25) is 14.4 Å². The largest absolute Gasteiger partial charge is 0.422 e. The fourth-order valence-corrected chi connectivity index (χ4v) is 2.26. The minimum absolute atomic E-state index is 0.103. The Morgan fingerprint density at radius 1 is 1.45 bits per heavy atom. The van der Waals surface area contributed by atoms with Crippen LogP contribution in [0.5, 0.6) is 0 Å². The molecule has 2 aliphatic heterocycles. The van der Waals surface area contributed by atoms with Crippen molar-refractivity contribution >= 4 is 23.7 Å². The summed E-state index contributed by atoms with van der Waals surface area (Å²) in [6.45, 7) is 1.21. The Bertz CT molecular complexity index is 600. The van der Waals surface area contributed by atoms with Crippen LogP contribution in [0.3, 0.4) is 0 Å². The van der Waals surface area contributed by atoms with Gasteiger partial charge in [-0.05, 0) is 6.92 Å². The lowest BCUT2D eigenvalue weighted by atomic mass is 10.0. The Hall–Kier alpha value is -2.62. The summed E-state index contributed by atoms with van der Waals surface area (Å²) < 4.78 is 4.96. The Morgan fingerprint density at radius 3 is 2.55 bits per heavy atom. The molecule has 0 saturated carbocycles. The first-order valence-corrected chi connectivity index (χ1v) is 5.81. The highest BCUT2D eigenvalue weighted by molar-refractivity contribution is 6.19. The molecule has 0 aromatic rings. The average Bonchev–Trinajstić information content (AvgIpc) is 2.74. The third kappa shape index (κ3) is 1.77. The van der Waals surface area contributed by atoms with Crippen molar-refractivity contribution in [2.75, 3.05) is 13.6 Å². The third-order valence-electron chi connectivity index (χ3n) is 3.17. The maximum atomic E-state index is 12.4. The number of amides is 3. The van der Waals surface area contributed by atoms with E-state index in [2.05, 4.69) is 5.92 Å². The van der Waals surface area contributed by atoms with Crippen LogP contribution in [-0.2, 0) is 19.1 Å². The van der Waals surface area contributed by atoms with Gasteiger partial charge in [0.1, 0.15) is 0 Å². The summed E-state index contributed by atoms with van der Waals surface area (Å²) in [6.07, 6.45) is 5.32. The summed E-state index contributed by atoms with van der Waals surface area (Å²) in [5, 5.41) is 0. The van der Waals surface area contributed by atoms with Gasteiger partial charge in [-0.15, -0.1) is 6.42 Å². The number of carbonyl (C=O) groups excluding carboxylic acids is 4. The van der Waals surface area contributed by atoms with Gasteiger partial charge in [0.25, 0.3) is 17.4 Å². The molecular weight excluding hydrogens is 264 g/mol. The summed E-state index contributed by atoms with van der Waals surface area (Å²) in [5.74, 6) is 0.514. The molecule has 2 fully saturated rings. The normalized spacial score (nSPS) is 27.4. The third-order valence-corrected chi connectivity index (χ3v) is 3.17. The van der Waals surface area contributed by atoms with Crippen LogP contribution < -0.4 is 0 Å². The maximum absolute atomic E-state index is 12.4. The molecule has 0 radical (unpaired) electrons. The number of terminal acetylenes is 1. The van der Waals surface area contributed by atoms with Gasteiger partial charge >= 0.3 is 6.09 Å². The van der Waals surface area contributed by atoms with Gasteiger partial charge in [-0.25, -0.2) is 9.69 Å². The minimum atomic E-state index is -1.91. The lowest BCUT2D eigenvalue weighted by molar-refractivity contribution is -0.149. The Morgan fingerprint density at radius 2 is 2.10 bits per heavy atom. The molecule has 0 aromatic heterocycles. The topological polar surface area (TPSA) is 84.0 Å². The van der Waals surface area contributed by atoms with Crippen LogP contribution in [0.1, 0.15) is 13.3 Å². The van der Waals surface area contributed by atoms with Crippen molar-refractivity contribution in [3.63, 3.8) is 0 Å². The lowest BCUT2D eigenvalue weighted by Crippen LogP contribution is -2.47. The SMILES string of the molecule is C#CCN1C(=O)[C@@]2(C/C1=C\C(C)=O)OC(=O)N(C)C2=O. The molecule has 3 amide bonds. The van der Waals surface area contributed by atoms with E-state index in [0.717, 1.165) is 9.80 Å². The lowest BCUT2D eigenvalue weighted by Gasteiger charge is -2.17. The van der Waals surface area contributed by atoms with E-state index in [9.17, 15) is 19.2 Å². The number of ether oxygens (including phenoxy) is 1. The predicted molar refractivity (Wildman–Crippen MR) is 65.9 cm³/mol. The van der Waals surface area contributed by atoms with Gasteiger partial charge in [-0.1, -0.05) is 5.92 Å². The van der Waals surface area contributed by atoms with Crippen LogP contribution in [-0.4, -0.2) is 52.7 Å². The van der Waals surface area contributed by atoms with E-state index in [-0.39, 0.29) is 24.4 Å². The van der Waals surface area contributed by atoms with Crippen molar-refractivity contribution in [2.24, 2.45) is 0 Å². The highest BCUT2D eigenvalue weighted by Gasteiger charge is 2.64. The molecule has 7 heteroatoms. The van der Waals surface area contributed by atoms with Crippen molar-refractivity contribution in [2.45, 2.75) is 18.9 Å². The summed E-state index contributed by atoms with van der Waals surface area (Å²) in [6, 6.07) is 0. The number of carbonyl (C=O) groups is 4. The number of ketones is 1. The van der Waals surface area contributed by atoms with Gasteiger partial charge in [-0.2, -0.15) is 0 Å². The molecule has 0 N–H and O–H groups in total. The number of allylic oxidation sites excluding steroid dienone is 1. The number of hydrogen-bond donors (Lipinski definition) is 0. The maximum Gasteiger partial charge on any atom is 0.417 e. The summed E-state index contributed by atoms with van der Waals surface area (Å²) >= 11 is 0. The highest BCUT2D eigenvalue weighted by Crippen LogP contribution is 2.39.